The lowest BCUT2D eigenvalue weighted by Gasteiger charge is -2.03. The first kappa shape index (κ1) is 17.0. The second kappa shape index (κ2) is 7.43. The van der Waals surface area contributed by atoms with Crippen molar-refractivity contribution < 1.29 is 9.21 Å². The number of thioether (sulfide) groups is 1. The molecule has 4 aromatic rings. The Bertz CT molecular complexity index is 1070. The number of oxazole rings is 1. The number of H-pyrrole nitrogens is 1. The van der Waals surface area contributed by atoms with Gasteiger partial charge in [-0.05, 0) is 30.2 Å². The van der Waals surface area contributed by atoms with E-state index >= 15 is 0 Å². The Balaban J connectivity index is 1.28. The summed E-state index contributed by atoms with van der Waals surface area (Å²) < 4.78 is 5.59. The molecule has 0 aliphatic rings. The van der Waals surface area contributed by atoms with Crippen molar-refractivity contribution in [2.24, 2.45) is 0 Å². The fraction of sp³-hybridized carbons (Fsp3) is 0.158. The number of fused-ring (bicyclic) bond motifs is 2. The van der Waals surface area contributed by atoms with Gasteiger partial charge >= 0.3 is 0 Å². The maximum absolute atomic E-state index is 12.0. The summed E-state index contributed by atoms with van der Waals surface area (Å²) in [5, 5.41) is 5.19. The Kier molecular flexibility index (Phi) is 4.86. The lowest BCUT2D eigenvalue weighted by Crippen LogP contribution is -2.27. The third-order valence-electron chi connectivity index (χ3n) is 4.05. The molecule has 0 bridgehead atoms. The van der Waals surface area contributed by atoms with Crippen LogP contribution in [0.5, 0.6) is 0 Å². The third-order valence-corrected chi connectivity index (χ3v) is 5.11. The van der Waals surface area contributed by atoms with E-state index in [0.717, 1.165) is 17.5 Å². The monoisotopic (exact) mass is 385 g/mol. The van der Waals surface area contributed by atoms with Gasteiger partial charge in [0.05, 0.1) is 5.75 Å². The van der Waals surface area contributed by atoms with Crippen molar-refractivity contribution in [1.29, 1.82) is 0 Å². The van der Waals surface area contributed by atoms with Gasteiger partial charge in [0.25, 0.3) is 5.22 Å². The first-order valence-corrected chi connectivity index (χ1v) is 9.56. The Morgan fingerprint density at radius 2 is 2.15 bits per heavy atom. The van der Waals surface area contributed by atoms with Crippen molar-refractivity contribution in [3.63, 3.8) is 0 Å². The van der Waals surface area contributed by atoms with Crippen molar-refractivity contribution in [1.82, 2.24) is 15.3 Å². The minimum Gasteiger partial charge on any atom is -0.431 e. The molecule has 0 aliphatic carbocycles. The summed E-state index contributed by atoms with van der Waals surface area (Å²) in [7, 11) is 0. The van der Waals surface area contributed by atoms with E-state index in [0.29, 0.717) is 22.4 Å². The molecule has 7 heteroatoms. The van der Waals surface area contributed by atoms with Crippen LogP contribution in [0.25, 0.3) is 22.0 Å². The second-order valence-corrected chi connectivity index (χ2v) is 7.20. The van der Waals surface area contributed by atoms with E-state index in [2.05, 4.69) is 21.4 Å². The lowest BCUT2D eigenvalue weighted by molar-refractivity contribution is -0.118. The van der Waals surface area contributed by atoms with E-state index in [9.17, 15) is 4.79 Å². The summed E-state index contributed by atoms with van der Waals surface area (Å²) in [5.41, 5.74) is 3.67. The Morgan fingerprint density at radius 1 is 1.27 bits per heavy atom. The number of nitrogens with zero attached hydrogens (tertiary/aromatic N) is 1. The average molecular weight is 386 g/mol. The van der Waals surface area contributed by atoms with Crippen molar-refractivity contribution in [2.75, 3.05) is 12.3 Å². The van der Waals surface area contributed by atoms with Crippen LogP contribution in [0.2, 0.25) is 5.02 Å². The van der Waals surface area contributed by atoms with Gasteiger partial charge in [-0.1, -0.05) is 41.6 Å². The van der Waals surface area contributed by atoms with Crippen LogP contribution in [-0.2, 0) is 11.2 Å². The van der Waals surface area contributed by atoms with Gasteiger partial charge in [-0.3, -0.25) is 4.79 Å². The molecular weight excluding hydrogens is 370 g/mol. The SMILES string of the molecule is O=C(CSc1nc2ccc(Cl)cc2o1)NCCc1c[nH]c2ccccc12. The molecule has 0 radical (unpaired) electrons. The zero-order valence-corrected chi connectivity index (χ0v) is 15.4. The number of aromatic nitrogens is 2. The number of halogens is 1. The van der Waals surface area contributed by atoms with Gasteiger partial charge in [-0.25, -0.2) is 4.98 Å². The van der Waals surface area contributed by atoms with E-state index in [1.807, 2.05) is 24.4 Å². The first-order chi connectivity index (χ1) is 12.7. The standard InChI is InChI=1S/C19H16ClN3O2S/c20-13-5-6-16-17(9-13)25-19(23-16)26-11-18(24)21-8-7-12-10-22-15-4-2-1-3-14(12)15/h1-6,9-10,22H,7-8,11H2,(H,21,24). The van der Waals surface area contributed by atoms with Gasteiger partial charge in [-0.2, -0.15) is 0 Å². The number of para-hydroxylation sites is 1. The van der Waals surface area contributed by atoms with Crippen LogP contribution in [0.1, 0.15) is 5.56 Å². The number of carbonyl (C=O) groups is 1. The molecule has 5 nitrogen and oxygen atoms in total. The highest BCUT2D eigenvalue weighted by Gasteiger charge is 2.10. The van der Waals surface area contributed by atoms with E-state index in [-0.39, 0.29) is 11.7 Å². The Hall–Kier alpha value is -2.44. The van der Waals surface area contributed by atoms with Gasteiger partial charge < -0.3 is 14.7 Å². The van der Waals surface area contributed by atoms with Crippen molar-refractivity contribution in [3.05, 3.63) is 59.2 Å². The van der Waals surface area contributed by atoms with Crippen molar-refractivity contribution >= 4 is 51.3 Å². The summed E-state index contributed by atoms with van der Waals surface area (Å²) in [6.45, 7) is 0.588. The molecule has 2 N–H and O–H groups in total. The van der Waals surface area contributed by atoms with Crippen LogP contribution in [-0.4, -0.2) is 28.2 Å². The lowest BCUT2D eigenvalue weighted by atomic mass is 10.1. The van der Waals surface area contributed by atoms with Crippen LogP contribution in [0.4, 0.5) is 0 Å². The van der Waals surface area contributed by atoms with Crippen LogP contribution in [0.3, 0.4) is 0 Å². The minimum atomic E-state index is -0.0462. The summed E-state index contributed by atoms with van der Waals surface area (Å²) in [4.78, 5) is 19.6. The molecule has 132 valence electrons. The highest BCUT2D eigenvalue weighted by Crippen LogP contribution is 2.25. The first-order valence-electron chi connectivity index (χ1n) is 8.19. The summed E-state index contributed by atoms with van der Waals surface area (Å²) >= 11 is 7.20. The van der Waals surface area contributed by atoms with Gasteiger partial charge in [0.1, 0.15) is 5.52 Å². The zero-order valence-electron chi connectivity index (χ0n) is 13.8. The largest absolute Gasteiger partial charge is 0.431 e. The van der Waals surface area contributed by atoms with E-state index in [1.165, 1.54) is 22.7 Å². The highest BCUT2D eigenvalue weighted by molar-refractivity contribution is 7.99. The molecule has 0 aliphatic heterocycles. The molecule has 1 amide bonds. The Morgan fingerprint density at radius 3 is 3.08 bits per heavy atom. The number of hydrogen-bond acceptors (Lipinski definition) is 4. The number of nitrogens with one attached hydrogen (secondary N) is 2. The fourth-order valence-electron chi connectivity index (χ4n) is 2.79. The van der Waals surface area contributed by atoms with E-state index in [1.54, 1.807) is 18.2 Å². The number of aromatic amines is 1. The predicted octanol–water partition coefficient (Wildman–Crippen LogP) is 4.41. The third kappa shape index (κ3) is 3.71. The molecule has 26 heavy (non-hydrogen) atoms. The number of amides is 1. The molecule has 0 saturated carbocycles. The maximum Gasteiger partial charge on any atom is 0.257 e. The molecule has 2 heterocycles. The smallest absolute Gasteiger partial charge is 0.257 e. The number of benzene rings is 2. The molecule has 0 saturated heterocycles. The number of hydrogen-bond donors (Lipinski definition) is 2. The minimum absolute atomic E-state index is 0.0462. The quantitative estimate of drug-likeness (QED) is 0.482. The Labute approximate surface area is 159 Å². The molecule has 4 rings (SSSR count). The van der Waals surface area contributed by atoms with Gasteiger partial charge in [0, 0.05) is 34.7 Å². The highest BCUT2D eigenvalue weighted by atomic mass is 35.5. The van der Waals surface area contributed by atoms with Gasteiger partial charge in [-0.15, -0.1) is 0 Å². The fourth-order valence-corrected chi connectivity index (χ4v) is 3.62. The second-order valence-electron chi connectivity index (χ2n) is 5.84. The normalized spacial score (nSPS) is 11.3. The maximum atomic E-state index is 12.0. The molecule has 0 atom stereocenters. The summed E-state index contributed by atoms with van der Waals surface area (Å²) in [5.74, 6) is 0.212. The van der Waals surface area contributed by atoms with Gasteiger partial charge in [0.2, 0.25) is 5.91 Å². The van der Waals surface area contributed by atoms with E-state index < -0.39 is 0 Å². The summed E-state index contributed by atoms with van der Waals surface area (Å²) in [6.07, 6.45) is 2.77. The molecule has 2 aromatic heterocycles. The van der Waals surface area contributed by atoms with Crippen molar-refractivity contribution in [2.45, 2.75) is 11.6 Å². The van der Waals surface area contributed by atoms with Crippen LogP contribution in [0, 0.1) is 0 Å². The topological polar surface area (TPSA) is 70.9 Å². The molecule has 0 spiro atoms. The van der Waals surface area contributed by atoms with Crippen LogP contribution < -0.4 is 5.32 Å². The molecule has 0 fully saturated rings. The molecule has 2 aromatic carbocycles. The van der Waals surface area contributed by atoms with Crippen LogP contribution >= 0.6 is 23.4 Å². The molecular formula is C19H16ClN3O2S. The average Bonchev–Trinajstić information content (AvgIpc) is 3.23. The van der Waals surface area contributed by atoms with E-state index in [4.69, 9.17) is 16.0 Å². The van der Waals surface area contributed by atoms with Gasteiger partial charge in [0.15, 0.2) is 5.58 Å². The van der Waals surface area contributed by atoms with Crippen LogP contribution in [0.15, 0.2) is 58.3 Å². The zero-order chi connectivity index (χ0) is 17.9. The summed E-state index contributed by atoms with van der Waals surface area (Å²) in [6, 6.07) is 13.4. The van der Waals surface area contributed by atoms with Crippen molar-refractivity contribution in [3.8, 4) is 0 Å². The predicted molar refractivity (Wildman–Crippen MR) is 105 cm³/mol. The number of carbonyl (C=O) groups excluding carboxylic acids is 1. The number of rotatable bonds is 6. The molecule has 0 unspecified atom stereocenters.